The molecular formula is C16H21N5S. The summed E-state index contributed by atoms with van der Waals surface area (Å²) in [5, 5.41) is 17.3. The topological polar surface area (TPSA) is 58.5 Å². The smallest absolute Gasteiger partial charge is 0.0794 e. The molecule has 0 saturated carbocycles. The van der Waals surface area contributed by atoms with Crippen molar-refractivity contribution >= 4 is 11.3 Å². The number of rotatable bonds is 6. The van der Waals surface area contributed by atoms with E-state index in [-0.39, 0.29) is 0 Å². The van der Waals surface area contributed by atoms with Crippen LogP contribution >= 0.6 is 11.3 Å². The number of hydrogen-bond acceptors (Lipinski definition) is 4. The summed E-state index contributed by atoms with van der Waals surface area (Å²) in [6.07, 6.45) is 5.88. The van der Waals surface area contributed by atoms with Crippen LogP contribution in [0.15, 0.2) is 36.1 Å². The zero-order valence-corrected chi connectivity index (χ0v) is 13.9. The van der Waals surface area contributed by atoms with Gasteiger partial charge in [0.25, 0.3) is 0 Å². The number of nitrogens with one attached hydrogen (secondary N) is 2. The molecule has 0 spiro atoms. The van der Waals surface area contributed by atoms with Gasteiger partial charge in [-0.3, -0.25) is 9.78 Å². The average molecular weight is 315 g/mol. The van der Waals surface area contributed by atoms with E-state index in [1.165, 1.54) is 16.0 Å². The molecule has 5 nitrogen and oxygen atoms in total. The summed E-state index contributed by atoms with van der Waals surface area (Å²) in [7, 11) is 0. The van der Waals surface area contributed by atoms with Gasteiger partial charge in [0, 0.05) is 24.3 Å². The maximum atomic E-state index is 4.40. The van der Waals surface area contributed by atoms with E-state index in [9.17, 15) is 0 Å². The minimum absolute atomic E-state index is 0.297. The van der Waals surface area contributed by atoms with Crippen molar-refractivity contribution < 1.29 is 0 Å². The molecule has 2 N–H and O–H groups in total. The Bertz CT molecular complexity index is 713. The molecule has 3 aromatic heterocycles. The molecule has 0 unspecified atom stereocenters. The number of H-pyrrole nitrogens is 1. The minimum atomic E-state index is 0.297. The highest BCUT2D eigenvalue weighted by atomic mass is 32.1. The minimum Gasteiger partial charge on any atom is -0.308 e. The zero-order valence-electron chi connectivity index (χ0n) is 13.1. The molecule has 2 atom stereocenters. The summed E-state index contributed by atoms with van der Waals surface area (Å²) in [5.41, 5.74) is 3.49. The van der Waals surface area contributed by atoms with E-state index in [2.05, 4.69) is 65.1 Å². The van der Waals surface area contributed by atoms with Crippen LogP contribution in [-0.2, 0) is 6.54 Å². The first kappa shape index (κ1) is 15.0. The molecule has 0 saturated heterocycles. The lowest BCUT2D eigenvalue weighted by molar-refractivity contribution is 0.365. The first-order chi connectivity index (χ1) is 10.6. The van der Waals surface area contributed by atoms with Gasteiger partial charge < -0.3 is 5.32 Å². The maximum absolute atomic E-state index is 4.40. The van der Waals surface area contributed by atoms with Gasteiger partial charge in [-0.2, -0.15) is 10.2 Å². The van der Waals surface area contributed by atoms with Crippen LogP contribution in [0, 0.1) is 6.92 Å². The van der Waals surface area contributed by atoms with E-state index >= 15 is 0 Å². The van der Waals surface area contributed by atoms with Gasteiger partial charge in [-0.1, -0.05) is 6.07 Å². The Balaban J connectivity index is 1.64. The molecular weight excluding hydrogens is 294 g/mol. The van der Waals surface area contributed by atoms with Crippen LogP contribution in [0.2, 0.25) is 0 Å². The van der Waals surface area contributed by atoms with Crippen molar-refractivity contribution in [2.45, 2.75) is 39.4 Å². The van der Waals surface area contributed by atoms with Crippen molar-refractivity contribution in [3.63, 3.8) is 0 Å². The number of hydrogen-bond donors (Lipinski definition) is 2. The second-order valence-corrected chi connectivity index (χ2v) is 6.60. The van der Waals surface area contributed by atoms with Crippen LogP contribution in [0.5, 0.6) is 0 Å². The Morgan fingerprint density at radius 2 is 2.23 bits per heavy atom. The van der Waals surface area contributed by atoms with Gasteiger partial charge in [0.15, 0.2) is 0 Å². The second-order valence-electron chi connectivity index (χ2n) is 5.66. The fourth-order valence-electron chi connectivity index (χ4n) is 2.41. The predicted molar refractivity (Wildman–Crippen MR) is 89.9 cm³/mol. The Hall–Kier alpha value is -1.92. The highest BCUT2D eigenvalue weighted by Crippen LogP contribution is 2.25. The monoisotopic (exact) mass is 315 g/mol. The van der Waals surface area contributed by atoms with Gasteiger partial charge in [-0.25, -0.2) is 0 Å². The Kier molecular flexibility index (Phi) is 4.40. The summed E-state index contributed by atoms with van der Waals surface area (Å²) >= 11 is 1.72. The van der Waals surface area contributed by atoms with E-state index in [0.29, 0.717) is 12.1 Å². The van der Waals surface area contributed by atoms with Crippen molar-refractivity contribution in [1.82, 2.24) is 25.3 Å². The fraction of sp³-hybridized carbons (Fsp3) is 0.375. The van der Waals surface area contributed by atoms with E-state index in [4.69, 9.17) is 0 Å². The van der Waals surface area contributed by atoms with Crippen molar-refractivity contribution in [3.05, 3.63) is 47.2 Å². The van der Waals surface area contributed by atoms with Gasteiger partial charge in [-0.15, -0.1) is 11.3 Å². The highest BCUT2D eigenvalue weighted by molar-refractivity contribution is 7.13. The van der Waals surface area contributed by atoms with Crippen LogP contribution in [0.25, 0.3) is 10.6 Å². The Morgan fingerprint density at radius 3 is 2.91 bits per heavy atom. The number of thiophene rings is 1. The summed E-state index contributed by atoms with van der Waals surface area (Å²) < 4.78 is 2.02. The van der Waals surface area contributed by atoms with Gasteiger partial charge in [0.2, 0.25) is 0 Å². The highest BCUT2D eigenvalue weighted by Gasteiger charge is 2.16. The molecule has 0 radical (unpaired) electrons. The Morgan fingerprint density at radius 1 is 1.36 bits per heavy atom. The van der Waals surface area contributed by atoms with Gasteiger partial charge >= 0.3 is 0 Å². The first-order valence-electron chi connectivity index (χ1n) is 7.45. The summed E-state index contributed by atoms with van der Waals surface area (Å²) in [6, 6.07) is 4.78. The fourth-order valence-corrected chi connectivity index (χ4v) is 3.16. The quantitative estimate of drug-likeness (QED) is 0.733. The van der Waals surface area contributed by atoms with Crippen LogP contribution in [0.4, 0.5) is 0 Å². The lowest BCUT2D eigenvalue weighted by Gasteiger charge is -2.21. The lowest BCUT2D eigenvalue weighted by atomic mass is 10.1. The molecule has 3 aromatic rings. The number of nitrogens with zero attached hydrogens (tertiary/aromatic N) is 3. The third-order valence-corrected chi connectivity index (χ3v) is 4.86. The number of aromatic amines is 1. The van der Waals surface area contributed by atoms with Crippen LogP contribution < -0.4 is 5.32 Å². The standard InChI is InChI=1S/C16H21N5S/c1-11-7-19-21(10-11)13(3)12(2)17-8-14-9-18-20-16(14)15-5-4-6-22-15/h4-7,9-10,12-13,17H,8H2,1-3H3,(H,18,20)/t12-,13-/m0/s1. The van der Waals surface area contributed by atoms with E-state index in [1.54, 1.807) is 11.3 Å². The van der Waals surface area contributed by atoms with E-state index in [0.717, 1.165) is 12.2 Å². The zero-order chi connectivity index (χ0) is 15.5. The summed E-state index contributed by atoms with van der Waals surface area (Å²) in [4.78, 5) is 1.22. The molecule has 6 heteroatoms. The van der Waals surface area contributed by atoms with Crippen molar-refractivity contribution in [3.8, 4) is 10.6 Å². The molecule has 0 amide bonds. The maximum Gasteiger partial charge on any atom is 0.0794 e. The molecule has 0 bridgehead atoms. The molecule has 116 valence electrons. The molecule has 0 aliphatic rings. The first-order valence-corrected chi connectivity index (χ1v) is 8.33. The normalized spacial score (nSPS) is 14.1. The van der Waals surface area contributed by atoms with Gasteiger partial charge in [0.05, 0.1) is 29.0 Å². The second kappa shape index (κ2) is 6.46. The van der Waals surface area contributed by atoms with E-state index < -0.39 is 0 Å². The third kappa shape index (κ3) is 3.13. The SMILES string of the molecule is Cc1cnn([C@@H](C)[C@H](C)NCc2cn[nH]c2-c2cccs2)c1. The van der Waals surface area contributed by atoms with Crippen LogP contribution in [0.1, 0.15) is 31.0 Å². The molecule has 0 aliphatic carbocycles. The number of aromatic nitrogens is 4. The van der Waals surface area contributed by atoms with Crippen LogP contribution in [-0.4, -0.2) is 26.0 Å². The largest absolute Gasteiger partial charge is 0.308 e. The molecule has 22 heavy (non-hydrogen) atoms. The third-order valence-electron chi connectivity index (χ3n) is 3.97. The molecule has 3 heterocycles. The van der Waals surface area contributed by atoms with Gasteiger partial charge in [-0.05, 0) is 37.8 Å². The molecule has 0 aromatic carbocycles. The molecule has 0 aliphatic heterocycles. The van der Waals surface area contributed by atoms with Crippen molar-refractivity contribution in [2.75, 3.05) is 0 Å². The molecule has 0 fully saturated rings. The van der Waals surface area contributed by atoms with Crippen molar-refractivity contribution in [1.29, 1.82) is 0 Å². The Labute approximate surface area is 134 Å². The van der Waals surface area contributed by atoms with Crippen LogP contribution in [0.3, 0.4) is 0 Å². The van der Waals surface area contributed by atoms with Crippen molar-refractivity contribution in [2.24, 2.45) is 0 Å². The van der Waals surface area contributed by atoms with Gasteiger partial charge in [0.1, 0.15) is 0 Å². The summed E-state index contributed by atoms with van der Waals surface area (Å²) in [6.45, 7) is 7.22. The summed E-state index contributed by atoms with van der Waals surface area (Å²) in [5.74, 6) is 0. The van der Waals surface area contributed by atoms with E-state index in [1.807, 2.05) is 17.1 Å². The lowest BCUT2D eigenvalue weighted by Crippen LogP contribution is -2.33. The predicted octanol–water partition coefficient (Wildman–Crippen LogP) is 3.38. The number of aryl methyl sites for hydroxylation is 1. The average Bonchev–Trinajstić information content (AvgIpc) is 3.24. The molecule has 3 rings (SSSR count).